The first kappa shape index (κ1) is 11.7. The number of aliphatic imine (C=N–C) groups is 1. The number of hydrogen-bond donors (Lipinski definition) is 1. The Morgan fingerprint density at radius 1 is 1.33 bits per heavy atom. The molecule has 96 valence electrons. The maximum atomic E-state index is 4.93. The molecular weight excluding hydrogens is 224 g/mol. The number of rotatable bonds is 1. The quantitative estimate of drug-likeness (QED) is 0.782. The van der Waals surface area contributed by atoms with Gasteiger partial charge in [-0.05, 0) is 38.0 Å². The predicted octanol–water partition coefficient (Wildman–Crippen LogP) is 0.502. The molecule has 0 saturated carbocycles. The summed E-state index contributed by atoms with van der Waals surface area (Å²) in [7, 11) is 2.17. The Kier molecular flexibility index (Phi) is 2.45. The number of nitrogens with zero attached hydrogens (tertiary/aromatic N) is 3. The molecule has 3 rings (SSSR count). The van der Waals surface area contributed by atoms with Gasteiger partial charge < -0.3 is 4.98 Å². The van der Waals surface area contributed by atoms with Gasteiger partial charge in [0.2, 0.25) is 0 Å². The van der Waals surface area contributed by atoms with Crippen LogP contribution >= 0.6 is 0 Å². The summed E-state index contributed by atoms with van der Waals surface area (Å²) >= 11 is 0. The molecule has 1 aromatic rings. The van der Waals surface area contributed by atoms with Gasteiger partial charge in [-0.3, -0.25) is 9.89 Å². The Labute approximate surface area is 107 Å². The summed E-state index contributed by atoms with van der Waals surface area (Å²) in [5.41, 5.74) is 3.75. The molecule has 0 radical (unpaired) electrons. The van der Waals surface area contributed by atoms with Crippen LogP contribution in [-0.4, -0.2) is 39.8 Å². The third-order valence-corrected chi connectivity index (χ3v) is 4.13. The number of fused-ring (bicyclic) bond motifs is 2. The van der Waals surface area contributed by atoms with Gasteiger partial charge in [0.15, 0.2) is 0 Å². The van der Waals surface area contributed by atoms with E-state index in [0.29, 0.717) is 12.0 Å². The average molecular weight is 244 g/mol. The summed E-state index contributed by atoms with van der Waals surface area (Å²) in [5, 5.41) is 2.24. The van der Waals surface area contributed by atoms with Crippen molar-refractivity contribution in [3.63, 3.8) is 0 Å². The smallest absolute Gasteiger partial charge is 0.105 e. The molecule has 4 nitrogen and oxygen atoms in total. The van der Waals surface area contributed by atoms with Crippen molar-refractivity contribution in [2.45, 2.75) is 39.9 Å². The van der Waals surface area contributed by atoms with E-state index in [1.807, 2.05) is 0 Å². The summed E-state index contributed by atoms with van der Waals surface area (Å²) in [6, 6.07) is 0.311. The fourth-order valence-electron chi connectivity index (χ4n) is 3.22. The zero-order chi connectivity index (χ0) is 13.0. The summed E-state index contributed by atoms with van der Waals surface area (Å²) in [6.45, 7) is 8.77. The van der Waals surface area contributed by atoms with Crippen LogP contribution in [0.15, 0.2) is 11.3 Å². The summed E-state index contributed by atoms with van der Waals surface area (Å²) < 4.78 is 0. The monoisotopic (exact) mass is 244 g/mol. The van der Waals surface area contributed by atoms with Gasteiger partial charge in [0.05, 0.1) is 28.8 Å². The molecule has 1 aliphatic carbocycles. The molecule has 0 fully saturated rings. The molecule has 4 heteroatoms. The molecule has 1 N–H and O–H groups in total. The van der Waals surface area contributed by atoms with Gasteiger partial charge in [-0.15, -0.1) is 0 Å². The Balaban J connectivity index is 2.26. The van der Waals surface area contributed by atoms with Crippen molar-refractivity contribution in [1.29, 1.82) is 0 Å². The van der Waals surface area contributed by atoms with Crippen molar-refractivity contribution in [1.82, 2.24) is 14.9 Å². The molecule has 0 saturated heterocycles. The minimum atomic E-state index is 0.277. The molecule has 0 aromatic carbocycles. The van der Waals surface area contributed by atoms with Crippen molar-refractivity contribution in [3.05, 3.63) is 17.0 Å². The summed E-state index contributed by atoms with van der Waals surface area (Å²) in [5.74, 6) is 0.528. The maximum absolute atomic E-state index is 4.93. The highest BCUT2D eigenvalue weighted by molar-refractivity contribution is 6.25. The van der Waals surface area contributed by atoms with Crippen LogP contribution in [0.5, 0.6) is 0 Å². The van der Waals surface area contributed by atoms with Crippen LogP contribution in [0.25, 0.3) is 11.1 Å². The molecular formula is C14H20N4. The van der Waals surface area contributed by atoms with Gasteiger partial charge >= 0.3 is 0 Å². The Bertz CT molecular complexity index is 635. The largest absolute Gasteiger partial charge is 0.345 e. The number of aromatic nitrogens is 2. The lowest BCUT2D eigenvalue weighted by atomic mass is 9.93. The number of aromatic amines is 1. The van der Waals surface area contributed by atoms with Crippen molar-refractivity contribution >= 4 is 16.9 Å². The topological polar surface area (TPSA) is 44.3 Å². The fourth-order valence-corrected chi connectivity index (χ4v) is 3.22. The van der Waals surface area contributed by atoms with Gasteiger partial charge in [0, 0.05) is 0 Å². The molecule has 1 aliphatic heterocycles. The first-order valence-corrected chi connectivity index (χ1v) is 6.53. The van der Waals surface area contributed by atoms with Crippen LogP contribution < -0.4 is 10.7 Å². The highest BCUT2D eigenvalue weighted by Crippen LogP contribution is 2.29. The third kappa shape index (κ3) is 1.35. The standard InChI is InChI=1S/C14H20N4/c1-7(2)14-17-12-8(3)10-11(16-6-15-10)9(4)13(12)18(14)5/h6-7,13-14H,1-5H3,(H,15,16). The lowest BCUT2D eigenvalue weighted by Crippen LogP contribution is -2.47. The minimum Gasteiger partial charge on any atom is -0.345 e. The van der Waals surface area contributed by atoms with Crippen molar-refractivity contribution < 1.29 is 0 Å². The van der Waals surface area contributed by atoms with Crippen LogP contribution in [0, 0.1) is 5.92 Å². The molecule has 1 aromatic heterocycles. The Hall–Kier alpha value is -1.42. The highest BCUT2D eigenvalue weighted by atomic mass is 15.3. The second-order valence-corrected chi connectivity index (χ2v) is 5.67. The summed E-state index contributed by atoms with van der Waals surface area (Å²) in [6.07, 6.45) is 2.05. The highest BCUT2D eigenvalue weighted by Gasteiger charge is 2.39. The van der Waals surface area contributed by atoms with E-state index >= 15 is 0 Å². The SMILES string of the molecule is CC1=c2nc[nH]c2=C(C)C2C1=NC(C(C)C)N2C. The van der Waals surface area contributed by atoms with Crippen LogP contribution in [0.3, 0.4) is 0 Å². The van der Waals surface area contributed by atoms with E-state index in [2.05, 4.69) is 49.6 Å². The van der Waals surface area contributed by atoms with E-state index in [-0.39, 0.29) is 6.17 Å². The normalized spacial score (nSPS) is 27.6. The van der Waals surface area contributed by atoms with Crippen molar-refractivity contribution in [2.24, 2.45) is 10.9 Å². The molecule has 0 spiro atoms. The van der Waals surface area contributed by atoms with E-state index in [1.54, 1.807) is 6.33 Å². The third-order valence-electron chi connectivity index (χ3n) is 4.13. The predicted molar refractivity (Wildman–Crippen MR) is 73.6 cm³/mol. The lowest BCUT2D eigenvalue weighted by Gasteiger charge is -2.29. The average Bonchev–Trinajstić information content (AvgIpc) is 2.90. The first-order chi connectivity index (χ1) is 8.52. The molecule has 0 amide bonds. The van der Waals surface area contributed by atoms with E-state index < -0.39 is 0 Å². The Morgan fingerprint density at radius 3 is 2.72 bits per heavy atom. The number of H-pyrrole nitrogens is 1. The van der Waals surface area contributed by atoms with Crippen LogP contribution in [-0.2, 0) is 0 Å². The lowest BCUT2D eigenvalue weighted by molar-refractivity contribution is 0.221. The first-order valence-electron chi connectivity index (χ1n) is 6.53. The molecule has 2 unspecified atom stereocenters. The van der Waals surface area contributed by atoms with Crippen LogP contribution in [0.4, 0.5) is 0 Å². The fraction of sp³-hybridized carbons (Fsp3) is 0.571. The van der Waals surface area contributed by atoms with Gasteiger partial charge in [0.25, 0.3) is 0 Å². The van der Waals surface area contributed by atoms with Crippen molar-refractivity contribution in [2.75, 3.05) is 7.05 Å². The van der Waals surface area contributed by atoms with Crippen LogP contribution in [0.1, 0.15) is 27.7 Å². The minimum absolute atomic E-state index is 0.277. The number of nitrogens with one attached hydrogen (secondary N) is 1. The molecule has 2 aliphatic rings. The summed E-state index contributed by atoms with van der Waals surface area (Å²) in [4.78, 5) is 15.0. The maximum Gasteiger partial charge on any atom is 0.105 e. The zero-order valence-corrected chi connectivity index (χ0v) is 11.7. The van der Waals surface area contributed by atoms with Gasteiger partial charge in [-0.1, -0.05) is 13.8 Å². The number of imidazole rings is 1. The second kappa shape index (κ2) is 3.79. The van der Waals surface area contributed by atoms with Gasteiger partial charge in [-0.25, -0.2) is 4.98 Å². The number of hydrogen-bond acceptors (Lipinski definition) is 3. The molecule has 2 atom stereocenters. The van der Waals surface area contributed by atoms with E-state index in [1.165, 1.54) is 22.2 Å². The molecule has 0 bridgehead atoms. The Morgan fingerprint density at radius 2 is 2.06 bits per heavy atom. The molecule has 18 heavy (non-hydrogen) atoms. The van der Waals surface area contributed by atoms with Crippen LogP contribution in [0.2, 0.25) is 0 Å². The van der Waals surface area contributed by atoms with E-state index in [9.17, 15) is 0 Å². The van der Waals surface area contributed by atoms with Crippen molar-refractivity contribution in [3.8, 4) is 0 Å². The second-order valence-electron chi connectivity index (χ2n) is 5.67. The zero-order valence-electron chi connectivity index (χ0n) is 11.7. The molecule has 2 heterocycles. The van der Waals surface area contributed by atoms with E-state index in [0.717, 1.165) is 5.35 Å². The van der Waals surface area contributed by atoms with Gasteiger partial charge in [-0.2, -0.15) is 0 Å². The van der Waals surface area contributed by atoms with E-state index in [4.69, 9.17) is 4.99 Å². The van der Waals surface area contributed by atoms with Gasteiger partial charge in [0.1, 0.15) is 6.17 Å².